The van der Waals surface area contributed by atoms with E-state index in [1.165, 1.54) is 0 Å². The quantitative estimate of drug-likeness (QED) is 0.607. The maximum atomic E-state index is 10.8. The van der Waals surface area contributed by atoms with E-state index in [9.17, 15) is 4.79 Å². The van der Waals surface area contributed by atoms with Crippen LogP contribution in [0.5, 0.6) is 0 Å². The first-order chi connectivity index (χ1) is 4.95. The second-order valence-electron chi connectivity index (χ2n) is 3.05. The summed E-state index contributed by atoms with van der Waals surface area (Å²) in [6.45, 7) is 4.01. The third-order valence-electron chi connectivity index (χ3n) is 1.23. The summed E-state index contributed by atoms with van der Waals surface area (Å²) in [5.41, 5.74) is 5.71. The Bertz CT molecular complexity index is 171. The summed E-state index contributed by atoms with van der Waals surface area (Å²) in [5.74, 6) is -0.0244. The van der Waals surface area contributed by atoms with Crippen molar-refractivity contribution < 1.29 is 4.79 Å². The van der Waals surface area contributed by atoms with E-state index in [0.717, 1.165) is 0 Å². The Morgan fingerprint density at radius 2 is 1.91 bits per heavy atom. The second kappa shape index (κ2) is 4.01. The molecule has 0 aromatic heterocycles. The van der Waals surface area contributed by atoms with Crippen LogP contribution in [0.4, 0.5) is 0 Å². The molecule has 0 atom stereocenters. The SMILES string of the molecule is CC(C)/C=C(\C(N)=O)N(C)C. The number of carbonyl (C=O) groups excluding carboxylic acids is 1. The Hall–Kier alpha value is -0.990. The van der Waals surface area contributed by atoms with Gasteiger partial charge in [0.1, 0.15) is 0 Å². The van der Waals surface area contributed by atoms with Crippen molar-refractivity contribution in [1.82, 2.24) is 4.90 Å². The number of primary amides is 1. The molecule has 0 spiro atoms. The highest BCUT2D eigenvalue weighted by Crippen LogP contribution is 2.03. The zero-order valence-electron chi connectivity index (χ0n) is 7.59. The molecule has 0 heterocycles. The molecule has 1 amide bonds. The van der Waals surface area contributed by atoms with Crippen LogP contribution < -0.4 is 5.73 Å². The molecule has 0 rings (SSSR count). The minimum Gasteiger partial charge on any atom is -0.373 e. The molecular formula is C8H16N2O. The molecule has 0 unspecified atom stereocenters. The average Bonchev–Trinajstić information content (AvgIpc) is 1.81. The molecule has 0 saturated carbocycles. The minimum absolute atomic E-state index is 0.347. The molecule has 0 aromatic carbocycles. The minimum atomic E-state index is -0.372. The van der Waals surface area contributed by atoms with Crippen LogP contribution in [0.15, 0.2) is 11.8 Å². The summed E-state index contributed by atoms with van der Waals surface area (Å²) >= 11 is 0. The number of allylic oxidation sites excluding steroid dienone is 1. The van der Waals surface area contributed by atoms with Gasteiger partial charge in [0.25, 0.3) is 5.91 Å². The molecule has 2 N–H and O–H groups in total. The highest BCUT2D eigenvalue weighted by atomic mass is 16.1. The lowest BCUT2D eigenvalue weighted by molar-refractivity contribution is -0.115. The van der Waals surface area contributed by atoms with Crippen molar-refractivity contribution in [2.24, 2.45) is 11.7 Å². The summed E-state index contributed by atoms with van der Waals surface area (Å²) in [7, 11) is 3.61. The Morgan fingerprint density at radius 3 is 2.00 bits per heavy atom. The zero-order valence-corrected chi connectivity index (χ0v) is 7.59. The molecule has 64 valence electrons. The van der Waals surface area contributed by atoms with Crippen LogP contribution in [0.2, 0.25) is 0 Å². The molecule has 0 aliphatic heterocycles. The standard InChI is InChI=1S/C8H16N2O/c1-6(2)5-7(8(9)11)10(3)4/h5-6H,1-4H3,(H2,9,11)/b7-5+. The zero-order chi connectivity index (χ0) is 9.02. The van der Waals surface area contributed by atoms with Gasteiger partial charge in [-0.25, -0.2) is 0 Å². The van der Waals surface area contributed by atoms with Gasteiger partial charge in [-0.05, 0) is 5.92 Å². The van der Waals surface area contributed by atoms with Crippen LogP contribution >= 0.6 is 0 Å². The van der Waals surface area contributed by atoms with Crippen molar-refractivity contribution in [3.63, 3.8) is 0 Å². The first-order valence-corrected chi connectivity index (χ1v) is 3.64. The van der Waals surface area contributed by atoms with Crippen molar-refractivity contribution in [1.29, 1.82) is 0 Å². The van der Waals surface area contributed by atoms with E-state index in [-0.39, 0.29) is 5.91 Å². The fourth-order valence-corrected chi connectivity index (χ4v) is 0.767. The number of rotatable bonds is 3. The largest absolute Gasteiger partial charge is 0.373 e. The number of carbonyl (C=O) groups is 1. The van der Waals surface area contributed by atoms with Gasteiger partial charge in [0.05, 0.1) is 5.70 Å². The third-order valence-corrected chi connectivity index (χ3v) is 1.23. The smallest absolute Gasteiger partial charge is 0.264 e. The van der Waals surface area contributed by atoms with Crippen molar-refractivity contribution >= 4 is 5.91 Å². The average molecular weight is 156 g/mol. The Morgan fingerprint density at radius 1 is 1.45 bits per heavy atom. The van der Waals surface area contributed by atoms with Gasteiger partial charge < -0.3 is 10.6 Å². The van der Waals surface area contributed by atoms with E-state index in [2.05, 4.69) is 0 Å². The van der Waals surface area contributed by atoms with E-state index < -0.39 is 0 Å². The lowest BCUT2D eigenvalue weighted by atomic mass is 10.2. The van der Waals surface area contributed by atoms with E-state index in [0.29, 0.717) is 11.6 Å². The molecule has 0 bridgehead atoms. The Balaban J connectivity index is 4.47. The fraction of sp³-hybridized carbons (Fsp3) is 0.625. The molecular weight excluding hydrogens is 140 g/mol. The van der Waals surface area contributed by atoms with Gasteiger partial charge in [-0.3, -0.25) is 4.79 Å². The van der Waals surface area contributed by atoms with Gasteiger partial charge in [0.15, 0.2) is 0 Å². The van der Waals surface area contributed by atoms with Crippen molar-refractivity contribution in [3.8, 4) is 0 Å². The monoisotopic (exact) mass is 156 g/mol. The van der Waals surface area contributed by atoms with Gasteiger partial charge in [-0.2, -0.15) is 0 Å². The van der Waals surface area contributed by atoms with Crippen LogP contribution in [0, 0.1) is 5.92 Å². The molecule has 0 aliphatic rings. The van der Waals surface area contributed by atoms with Crippen LogP contribution in [-0.4, -0.2) is 24.9 Å². The molecule has 0 radical (unpaired) electrons. The van der Waals surface area contributed by atoms with Crippen LogP contribution in [0.1, 0.15) is 13.8 Å². The summed E-state index contributed by atoms with van der Waals surface area (Å²) < 4.78 is 0. The Kier molecular flexibility index (Phi) is 3.65. The number of likely N-dealkylation sites (N-methyl/N-ethyl adjacent to an activating group) is 1. The molecule has 0 fully saturated rings. The normalized spacial score (nSPS) is 11.9. The van der Waals surface area contributed by atoms with Crippen LogP contribution in [-0.2, 0) is 4.79 Å². The highest BCUT2D eigenvalue weighted by molar-refractivity contribution is 5.91. The van der Waals surface area contributed by atoms with Crippen LogP contribution in [0.25, 0.3) is 0 Å². The van der Waals surface area contributed by atoms with E-state index in [4.69, 9.17) is 5.73 Å². The number of nitrogens with two attached hydrogens (primary N) is 1. The first kappa shape index (κ1) is 10.0. The summed E-state index contributed by atoms with van der Waals surface area (Å²) in [5, 5.41) is 0. The molecule has 3 heteroatoms. The summed E-state index contributed by atoms with van der Waals surface area (Å²) in [6.07, 6.45) is 1.85. The van der Waals surface area contributed by atoms with Gasteiger partial charge in [-0.1, -0.05) is 19.9 Å². The van der Waals surface area contributed by atoms with Crippen molar-refractivity contribution in [2.75, 3.05) is 14.1 Å². The Labute approximate surface area is 67.9 Å². The lowest BCUT2D eigenvalue weighted by Crippen LogP contribution is -2.25. The van der Waals surface area contributed by atoms with Gasteiger partial charge in [0, 0.05) is 14.1 Å². The lowest BCUT2D eigenvalue weighted by Gasteiger charge is -2.14. The van der Waals surface area contributed by atoms with E-state index >= 15 is 0 Å². The van der Waals surface area contributed by atoms with Crippen molar-refractivity contribution in [2.45, 2.75) is 13.8 Å². The fourth-order valence-electron chi connectivity index (χ4n) is 0.767. The van der Waals surface area contributed by atoms with Gasteiger partial charge in [-0.15, -0.1) is 0 Å². The predicted molar refractivity (Wildman–Crippen MR) is 45.8 cm³/mol. The van der Waals surface area contributed by atoms with Crippen LogP contribution in [0.3, 0.4) is 0 Å². The molecule has 0 saturated heterocycles. The number of amides is 1. The third kappa shape index (κ3) is 3.65. The van der Waals surface area contributed by atoms with Gasteiger partial charge in [0.2, 0.25) is 0 Å². The molecule has 11 heavy (non-hydrogen) atoms. The number of nitrogens with zero attached hydrogens (tertiary/aromatic N) is 1. The summed E-state index contributed by atoms with van der Waals surface area (Å²) in [4.78, 5) is 12.5. The highest BCUT2D eigenvalue weighted by Gasteiger charge is 2.06. The topological polar surface area (TPSA) is 46.3 Å². The summed E-state index contributed by atoms with van der Waals surface area (Å²) in [6, 6.07) is 0. The first-order valence-electron chi connectivity index (χ1n) is 3.64. The predicted octanol–water partition coefficient (Wildman–Crippen LogP) is 0.573. The maximum absolute atomic E-state index is 10.8. The number of hydrogen-bond donors (Lipinski definition) is 1. The molecule has 0 aromatic rings. The molecule has 0 aliphatic carbocycles. The van der Waals surface area contributed by atoms with E-state index in [1.807, 2.05) is 19.9 Å². The number of hydrogen-bond acceptors (Lipinski definition) is 2. The molecule has 3 nitrogen and oxygen atoms in total. The van der Waals surface area contributed by atoms with Crippen molar-refractivity contribution in [3.05, 3.63) is 11.8 Å². The maximum Gasteiger partial charge on any atom is 0.264 e. The van der Waals surface area contributed by atoms with E-state index in [1.54, 1.807) is 19.0 Å². The second-order valence-corrected chi connectivity index (χ2v) is 3.05. The van der Waals surface area contributed by atoms with Gasteiger partial charge >= 0.3 is 0 Å².